The van der Waals surface area contributed by atoms with Gasteiger partial charge in [0.15, 0.2) is 0 Å². The molecule has 0 aliphatic heterocycles. The smallest absolute Gasteiger partial charge is 0.316 e. The van der Waals surface area contributed by atoms with Crippen molar-refractivity contribution >= 4 is 28.2 Å². The Kier molecular flexibility index (Phi) is 5.63. The molecule has 2 aromatic rings. The number of carbonyl (C=O) groups excluding carboxylic acids is 2. The van der Waals surface area contributed by atoms with Crippen LogP contribution < -0.4 is 0 Å². The number of hydrogen-bond acceptors (Lipinski definition) is 5. The van der Waals surface area contributed by atoms with Gasteiger partial charge in [0.25, 0.3) is 5.69 Å². The summed E-state index contributed by atoms with van der Waals surface area (Å²) in [7, 11) is 0. The molecular formula is C18H19NO5. The van der Waals surface area contributed by atoms with Crippen molar-refractivity contribution in [3.63, 3.8) is 0 Å². The number of Topliss-reactive ketones (excluding diaryl/α,β-unsaturated/α-hetero) is 1. The molecule has 2 aromatic carbocycles. The number of rotatable bonds is 7. The first-order chi connectivity index (χ1) is 11.5. The van der Waals surface area contributed by atoms with Crippen LogP contribution in [0.4, 0.5) is 5.69 Å². The normalized spacial score (nSPS) is 11.9. The molecule has 2 rings (SSSR count). The molecule has 0 spiro atoms. The molecule has 0 saturated carbocycles. The van der Waals surface area contributed by atoms with Crippen molar-refractivity contribution in [1.82, 2.24) is 0 Å². The van der Waals surface area contributed by atoms with Gasteiger partial charge in [-0.05, 0) is 43.5 Å². The molecule has 0 aliphatic carbocycles. The molecule has 0 aromatic heterocycles. The van der Waals surface area contributed by atoms with E-state index in [0.717, 1.165) is 10.8 Å². The van der Waals surface area contributed by atoms with E-state index < -0.39 is 16.8 Å². The molecule has 0 N–H and O–H groups in total. The minimum atomic E-state index is -0.900. The zero-order valence-electron chi connectivity index (χ0n) is 13.7. The predicted octanol–water partition coefficient (Wildman–Crippen LogP) is 3.45. The standard InChI is InChI=1S/C18H19NO5/c1-3-24-18(21)14(12(2)20)9-10-16-15-7-5-4-6-13(15)8-11-17(16)19(22)23/h4-8,11,14H,3,9-10H2,1-2H3. The second-order valence-electron chi connectivity index (χ2n) is 5.50. The fourth-order valence-electron chi connectivity index (χ4n) is 2.78. The first-order valence-electron chi connectivity index (χ1n) is 7.77. The number of nitrogens with zero attached hydrogens (tertiary/aromatic N) is 1. The Morgan fingerprint density at radius 2 is 1.92 bits per heavy atom. The van der Waals surface area contributed by atoms with Crippen LogP contribution in [0, 0.1) is 16.0 Å². The fourth-order valence-corrected chi connectivity index (χ4v) is 2.78. The number of carbonyl (C=O) groups is 2. The van der Waals surface area contributed by atoms with Crippen molar-refractivity contribution in [3.8, 4) is 0 Å². The Morgan fingerprint density at radius 3 is 2.54 bits per heavy atom. The molecule has 0 saturated heterocycles. The van der Waals surface area contributed by atoms with Crippen LogP contribution in [0.25, 0.3) is 10.8 Å². The van der Waals surface area contributed by atoms with E-state index >= 15 is 0 Å². The molecule has 0 heterocycles. The summed E-state index contributed by atoms with van der Waals surface area (Å²) < 4.78 is 4.93. The molecule has 0 radical (unpaired) electrons. The van der Waals surface area contributed by atoms with E-state index in [2.05, 4.69) is 0 Å². The minimum absolute atomic E-state index is 0.000129. The molecule has 0 fully saturated rings. The van der Waals surface area contributed by atoms with Gasteiger partial charge in [0.05, 0.1) is 11.5 Å². The lowest BCUT2D eigenvalue weighted by Gasteiger charge is -2.13. The molecular weight excluding hydrogens is 310 g/mol. The van der Waals surface area contributed by atoms with Crippen molar-refractivity contribution in [2.75, 3.05) is 6.61 Å². The van der Waals surface area contributed by atoms with Gasteiger partial charge in [-0.1, -0.05) is 24.3 Å². The Balaban J connectivity index is 2.37. The van der Waals surface area contributed by atoms with Crippen molar-refractivity contribution in [3.05, 3.63) is 52.1 Å². The van der Waals surface area contributed by atoms with Gasteiger partial charge >= 0.3 is 5.97 Å². The third kappa shape index (κ3) is 3.76. The van der Waals surface area contributed by atoms with Gasteiger partial charge in [0.1, 0.15) is 11.7 Å². The average Bonchev–Trinajstić information content (AvgIpc) is 2.54. The lowest BCUT2D eigenvalue weighted by molar-refractivity contribution is -0.385. The third-order valence-corrected chi connectivity index (χ3v) is 3.96. The number of hydrogen-bond donors (Lipinski definition) is 0. The number of benzene rings is 2. The van der Waals surface area contributed by atoms with Gasteiger partial charge in [-0.3, -0.25) is 19.7 Å². The second-order valence-corrected chi connectivity index (χ2v) is 5.50. The van der Waals surface area contributed by atoms with Gasteiger partial charge < -0.3 is 4.74 Å². The van der Waals surface area contributed by atoms with Crippen LogP contribution in [0.1, 0.15) is 25.8 Å². The number of nitro benzene ring substituents is 1. The molecule has 1 atom stereocenters. The molecule has 126 valence electrons. The van der Waals surface area contributed by atoms with E-state index in [-0.39, 0.29) is 30.9 Å². The van der Waals surface area contributed by atoms with Crippen molar-refractivity contribution in [2.45, 2.75) is 26.7 Å². The second kappa shape index (κ2) is 7.68. The van der Waals surface area contributed by atoms with Crippen LogP contribution in [0.5, 0.6) is 0 Å². The summed E-state index contributed by atoms with van der Waals surface area (Å²) in [5.41, 5.74) is 0.536. The third-order valence-electron chi connectivity index (χ3n) is 3.96. The molecule has 1 unspecified atom stereocenters. The lowest BCUT2D eigenvalue weighted by Crippen LogP contribution is -2.25. The monoisotopic (exact) mass is 329 g/mol. The summed E-state index contributed by atoms with van der Waals surface area (Å²) in [5.74, 6) is -1.77. The highest BCUT2D eigenvalue weighted by molar-refractivity contribution is 5.97. The van der Waals surface area contributed by atoms with Crippen LogP contribution in [0.15, 0.2) is 36.4 Å². The number of fused-ring (bicyclic) bond motifs is 1. The molecule has 6 nitrogen and oxygen atoms in total. The number of esters is 1. The van der Waals surface area contributed by atoms with Crippen LogP contribution in [-0.2, 0) is 20.7 Å². The summed E-state index contributed by atoms with van der Waals surface area (Å²) >= 11 is 0. The summed E-state index contributed by atoms with van der Waals surface area (Å²) in [6, 6.07) is 10.5. The molecule has 0 aliphatic rings. The van der Waals surface area contributed by atoms with Crippen LogP contribution in [-0.4, -0.2) is 23.3 Å². The first-order valence-corrected chi connectivity index (χ1v) is 7.77. The summed E-state index contributed by atoms with van der Waals surface area (Å²) in [4.78, 5) is 34.5. The highest BCUT2D eigenvalue weighted by Gasteiger charge is 2.26. The van der Waals surface area contributed by atoms with E-state index in [4.69, 9.17) is 4.74 Å². The van der Waals surface area contributed by atoms with Crippen molar-refractivity contribution in [1.29, 1.82) is 0 Å². The van der Waals surface area contributed by atoms with Crippen molar-refractivity contribution in [2.24, 2.45) is 5.92 Å². The maximum atomic E-state index is 11.9. The number of ketones is 1. The predicted molar refractivity (Wildman–Crippen MR) is 89.7 cm³/mol. The Labute approximate surface area is 139 Å². The lowest BCUT2D eigenvalue weighted by atomic mass is 9.92. The quantitative estimate of drug-likeness (QED) is 0.336. The van der Waals surface area contributed by atoms with Crippen LogP contribution in [0.2, 0.25) is 0 Å². The molecule has 24 heavy (non-hydrogen) atoms. The van der Waals surface area contributed by atoms with Crippen molar-refractivity contribution < 1.29 is 19.2 Å². The minimum Gasteiger partial charge on any atom is -0.465 e. The van der Waals surface area contributed by atoms with Crippen LogP contribution >= 0.6 is 0 Å². The number of nitro groups is 1. The van der Waals surface area contributed by atoms with Gasteiger partial charge in [-0.15, -0.1) is 0 Å². The number of aryl methyl sites for hydroxylation is 1. The average molecular weight is 329 g/mol. The Hall–Kier alpha value is -2.76. The summed E-state index contributed by atoms with van der Waals surface area (Å²) in [6.07, 6.45) is 0.434. The van der Waals surface area contributed by atoms with Gasteiger partial charge in [0, 0.05) is 11.6 Å². The molecule has 6 heteroatoms. The largest absolute Gasteiger partial charge is 0.465 e. The summed E-state index contributed by atoms with van der Waals surface area (Å²) in [5, 5.41) is 13.0. The maximum Gasteiger partial charge on any atom is 0.316 e. The van der Waals surface area contributed by atoms with Gasteiger partial charge in [-0.2, -0.15) is 0 Å². The summed E-state index contributed by atoms with van der Waals surface area (Å²) in [6.45, 7) is 3.20. The number of ether oxygens (including phenoxy) is 1. The maximum absolute atomic E-state index is 11.9. The SMILES string of the molecule is CCOC(=O)C(CCc1c([N+](=O)[O-])ccc2ccccc12)C(C)=O. The van der Waals surface area contributed by atoms with E-state index in [9.17, 15) is 19.7 Å². The van der Waals surface area contributed by atoms with Gasteiger partial charge in [-0.25, -0.2) is 0 Å². The zero-order valence-corrected chi connectivity index (χ0v) is 13.7. The Bertz CT molecular complexity index is 784. The van der Waals surface area contributed by atoms with E-state index in [1.54, 1.807) is 13.0 Å². The van der Waals surface area contributed by atoms with Crippen LogP contribution in [0.3, 0.4) is 0 Å². The van der Waals surface area contributed by atoms with E-state index in [1.807, 2.05) is 24.3 Å². The molecule has 0 bridgehead atoms. The first kappa shape index (κ1) is 17.6. The fraction of sp³-hybridized carbons (Fsp3) is 0.333. The van der Waals surface area contributed by atoms with E-state index in [1.165, 1.54) is 13.0 Å². The van der Waals surface area contributed by atoms with E-state index in [0.29, 0.717) is 5.56 Å². The topological polar surface area (TPSA) is 86.5 Å². The van der Waals surface area contributed by atoms with Gasteiger partial charge in [0.2, 0.25) is 0 Å². The highest BCUT2D eigenvalue weighted by Crippen LogP contribution is 2.30. The zero-order chi connectivity index (χ0) is 17.7. The Morgan fingerprint density at radius 1 is 1.21 bits per heavy atom. The highest BCUT2D eigenvalue weighted by atomic mass is 16.6. The molecule has 0 amide bonds.